The quantitative estimate of drug-likeness (QED) is 0.116. The molecule has 0 saturated carbocycles. The maximum absolute atomic E-state index is 12.9. The lowest BCUT2D eigenvalue weighted by molar-refractivity contribution is 0.0817. The SMILES string of the molecule is Brc1ccc(Br)c2nc3c(nc12)-c1ccccc1C(=C1CCCc2ccccc21)c1ccccc1-3.Nc1c(Br)ccc(Br)c1N.O=C1C(=O)c2ccccc2C(=C2CCCc3ccccc32)c2ccccc21. The number of hydrogen-bond acceptors (Lipinski definition) is 6. The van der Waals surface area contributed by atoms with Gasteiger partial charge >= 0.3 is 0 Å². The maximum Gasteiger partial charge on any atom is 0.234 e. The molecule has 0 bridgehead atoms. The van der Waals surface area contributed by atoms with Crippen molar-refractivity contribution in [3.8, 4) is 22.5 Å². The van der Waals surface area contributed by atoms with Crippen molar-refractivity contribution in [2.45, 2.75) is 38.5 Å². The highest BCUT2D eigenvalue weighted by Gasteiger charge is 2.33. The second kappa shape index (κ2) is 20.2. The number of nitrogens with two attached hydrogens (primary N) is 2. The van der Waals surface area contributed by atoms with Gasteiger partial charge in [-0.3, -0.25) is 9.59 Å². The van der Waals surface area contributed by atoms with E-state index in [2.05, 4.69) is 161 Å². The van der Waals surface area contributed by atoms with Gasteiger partial charge in [0.25, 0.3) is 0 Å². The van der Waals surface area contributed by atoms with Gasteiger partial charge in [0.2, 0.25) is 11.6 Å². The van der Waals surface area contributed by atoms with Crippen LogP contribution in [0.2, 0.25) is 0 Å². The molecule has 6 nitrogen and oxygen atoms in total. The van der Waals surface area contributed by atoms with Crippen molar-refractivity contribution in [2.24, 2.45) is 0 Å². The van der Waals surface area contributed by atoms with E-state index in [4.69, 9.17) is 21.4 Å². The van der Waals surface area contributed by atoms with Gasteiger partial charge in [-0.05, 0) is 193 Å². The molecule has 0 unspecified atom stereocenters. The number of halogens is 4. The summed E-state index contributed by atoms with van der Waals surface area (Å²) in [5.41, 5.74) is 33.8. The van der Waals surface area contributed by atoms with Gasteiger partial charge in [0.1, 0.15) is 11.0 Å². The molecule has 13 rings (SSSR count). The van der Waals surface area contributed by atoms with Crippen LogP contribution >= 0.6 is 63.7 Å². The Hall–Kier alpha value is -6.56. The van der Waals surface area contributed by atoms with Crippen LogP contribution in [-0.4, -0.2) is 21.5 Å². The third-order valence-electron chi connectivity index (χ3n) is 13.9. The van der Waals surface area contributed by atoms with Gasteiger partial charge in [-0.15, -0.1) is 0 Å². The van der Waals surface area contributed by atoms with Gasteiger partial charge in [0.05, 0.1) is 22.8 Å². The first-order valence-corrected chi connectivity index (χ1v) is 27.0. The van der Waals surface area contributed by atoms with E-state index in [1.807, 2.05) is 60.7 Å². The predicted molar refractivity (Wildman–Crippen MR) is 309 cm³/mol. The molecule has 4 aliphatic rings. The molecule has 1 heterocycles. The number of rotatable bonds is 0. The first-order chi connectivity index (χ1) is 35.1. The Kier molecular flexibility index (Phi) is 13.4. The zero-order valence-corrected chi connectivity index (χ0v) is 45.1. The molecule has 0 fully saturated rings. The highest BCUT2D eigenvalue weighted by atomic mass is 79.9. The summed E-state index contributed by atoms with van der Waals surface area (Å²) in [5.74, 6) is -0.838. The molecule has 0 spiro atoms. The Balaban J connectivity index is 0.000000134. The molecule has 0 aliphatic heterocycles. The normalized spacial score (nSPS) is 14.1. The topological polar surface area (TPSA) is 112 Å². The summed E-state index contributed by atoms with van der Waals surface area (Å²) in [6.45, 7) is 0. The van der Waals surface area contributed by atoms with Crippen LogP contribution in [0, 0.1) is 0 Å². The number of ketones is 2. The Labute approximate surface area is 451 Å². The fourth-order valence-electron chi connectivity index (χ4n) is 10.6. The number of nitrogens with zero attached hydrogens (tertiary/aromatic N) is 2. The van der Waals surface area contributed by atoms with Gasteiger partial charge in [-0.2, -0.15) is 0 Å². The number of carbonyl (C=O) groups is 2. The van der Waals surface area contributed by atoms with Crippen molar-refractivity contribution in [2.75, 3.05) is 11.5 Å². The predicted octanol–water partition coefficient (Wildman–Crippen LogP) is 16.8. The molecule has 352 valence electrons. The van der Waals surface area contributed by atoms with Gasteiger partial charge in [-0.25, -0.2) is 9.97 Å². The second-order valence-corrected chi connectivity index (χ2v) is 21.5. The maximum atomic E-state index is 12.9. The number of aromatic nitrogens is 2. The largest absolute Gasteiger partial charge is 0.396 e. The summed E-state index contributed by atoms with van der Waals surface area (Å²) < 4.78 is 3.54. The molecule has 4 aliphatic carbocycles. The Morgan fingerprint density at radius 2 is 0.625 bits per heavy atom. The monoisotopic (exact) mass is 1190 g/mol. The molecule has 4 N–H and O–H groups in total. The van der Waals surface area contributed by atoms with Crippen molar-refractivity contribution in [3.05, 3.63) is 243 Å². The summed E-state index contributed by atoms with van der Waals surface area (Å²) in [6.07, 6.45) is 6.43. The van der Waals surface area contributed by atoms with Crippen molar-refractivity contribution in [1.29, 1.82) is 0 Å². The number of benzene rings is 8. The van der Waals surface area contributed by atoms with Crippen molar-refractivity contribution < 1.29 is 9.59 Å². The molecule has 72 heavy (non-hydrogen) atoms. The number of Topliss-reactive ketones (excluding diaryl/α,β-unsaturated/α-hetero) is 2. The lowest BCUT2D eigenvalue weighted by Gasteiger charge is -2.24. The average molecular weight is 1200 g/mol. The lowest BCUT2D eigenvalue weighted by atomic mass is 9.80. The minimum Gasteiger partial charge on any atom is -0.396 e. The van der Waals surface area contributed by atoms with Crippen molar-refractivity contribution >= 4 is 120 Å². The first kappa shape index (κ1) is 47.7. The number of hydrogen-bond donors (Lipinski definition) is 2. The van der Waals surface area contributed by atoms with E-state index >= 15 is 0 Å². The molecule has 10 heteroatoms. The van der Waals surface area contributed by atoms with Gasteiger partial charge in [0.15, 0.2) is 0 Å². The smallest absolute Gasteiger partial charge is 0.234 e. The molecule has 8 aromatic carbocycles. The molecule has 0 saturated heterocycles. The third-order valence-corrected chi connectivity index (χ3v) is 16.6. The van der Waals surface area contributed by atoms with Crippen LogP contribution in [0.3, 0.4) is 0 Å². The number of allylic oxidation sites excluding steroid dienone is 2. The van der Waals surface area contributed by atoms with Crippen molar-refractivity contribution in [3.63, 3.8) is 0 Å². The highest BCUT2D eigenvalue weighted by Crippen LogP contribution is 2.50. The van der Waals surface area contributed by atoms with E-state index in [1.165, 1.54) is 50.1 Å². The molecule has 0 radical (unpaired) electrons. The summed E-state index contributed by atoms with van der Waals surface area (Å²) >= 11 is 13.9. The van der Waals surface area contributed by atoms with E-state index in [-0.39, 0.29) is 0 Å². The molecule has 0 atom stereocenters. The average Bonchev–Trinajstić information content (AvgIpc) is 3.60. The molecular weight excluding hydrogens is 1150 g/mol. The van der Waals surface area contributed by atoms with Crippen LogP contribution in [0.15, 0.2) is 188 Å². The zero-order valence-electron chi connectivity index (χ0n) is 38.8. The van der Waals surface area contributed by atoms with Gasteiger partial charge < -0.3 is 11.5 Å². The molecule has 0 amide bonds. The van der Waals surface area contributed by atoms with E-state index in [0.29, 0.717) is 22.5 Å². The number of carbonyl (C=O) groups excluding carboxylic acids is 2. The standard InChI is InChI=1S/C31H20Br2N2.C25H18O2.C6H6Br2N2/c32-25-16-17-26(33)31-30(25)34-28-23-13-5-3-11-21(23)27(22-12-4-6-14-24(22)29(28)35-31)20-15-7-9-18-8-1-2-10-19(18)20;26-24-21-13-5-3-11-19(21)23(20-12-4-6-14-22(20)25(24)27)18-15-7-9-16-8-1-2-10-17(16)18;7-3-1-2-4(8)6(10)5(3)9/h1-6,8,10-14,16-17H,7,9,15H2;1-6,8,10-14H,7,9,15H2;1-2H,9-10H2. The Morgan fingerprint density at radius 3 is 1.00 bits per heavy atom. The molecule has 9 aromatic rings. The minimum absolute atomic E-state index is 0.419. The summed E-state index contributed by atoms with van der Waals surface area (Å²) in [7, 11) is 0. The minimum atomic E-state index is -0.419. The first-order valence-electron chi connectivity index (χ1n) is 23.8. The second-order valence-electron chi connectivity index (χ2n) is 18.1. The van der Waals surface area contributed by atoms with Gasteiger partial charge in [0, 0.05) is 40.1 Å². The Bertz CT molecular complexity index is 3600. The number of nitrogen functional groups attached to an aromatic ring is 2. The van der Waals surface area contributed by atoms with Crippen molar-refractivity contribution in [1.82, 2.24) is 9.97 Å². The van der Waals surface area contributed by atoms with E-state index in [1.54, 1.807) is 12.1 Å². The number of anilines is 2. The van der Waals surface area contributed by atoms with Crippen LogP contribution in [0.5, 0.6) is 0 Å². The van der Waals surface area contributed by atoms with Crippen LogP contribution in [0.25, 0.3) is 55.8 Å². The third kappa shape index (κ3) is 8.62. The number of aryl methyl sites for hydroxylation is 2. The fraction of sp³-hybridized carbons (Fsp3) is 0.0968. The fourth-order valence-corrected chi connectivity index (χ4v) is 12.1. The lowest BCUT2D eigenvalue weighted by Crippen LogP contribution is -2.14. The number of fused-ring (bicyclic) bond motifs is 10. The molecule has 1 aromatic heterocycles. The van der Waals surface area contributed by atoms with Crippen LogP contribution in [0.4, 0.5) is 11.4 Å². The molecular formula is C62H44Br4N4O2. The van der Waals surface area contributed by atoms with E-state index < -0.39 is 11.6 Å². The van der Waals surface area contributed by atoms with Crippen LogP contribution < -0.4 is 11.5 Å². The zero-order chi connectivity index (χ0) is 49.6. The van der Waals surface area contributed by atoms with Gasteiger partial charge in [-0.1, -0.05) is 146 Å². The van der Waals surface area contributed by atoms with Crippen LogP contribution in [0.1, 0.15) is 90.9 Å². The van der Waals surface area contributed by atoms with E-state index in [0.717, 1.165) is 107 Å². The summed E-state index contributed by atoms with van der Waals surface area (Å²) in [4.78, 5) is 36.3. The Morgan fingerprint density at radius 1 is 0.333 bits per heavy atom. The summed E-state index contributed by atoms with van der Waals surface area (Å²) in [5, 5.41) is 0. The van der Waals surface area contributed by atoms with Crippen LogP contribution in [-0.2, 0) is 12.8 Å². The highest BCUT2D eigenvalue weighted by molar-refractivity contribution is 9.11. The summed E-state index contributed by atoms with van der Waals surface area (Å²) in [6, 6.07) is 57.6. The van der Waals surface area contributed by atoms with E-state index in [9.17, 15) is 9.59 Å².